The van der Waals surface area contributed by atoms with Crippen LogP contribution in [0.5, 0.6) is 11.5 Å². The van der Waals surface area contributed by atoms with E-state index in [2.05, 4.69) is 0 Å². The Labute approximate surface area is 180 Å². The number of hydrogen-bond donors (Lipinski definition) is 0. The molecule has 0 N–H and O–H groups in total. The predicted molar refractivity (Wildman–Crippen MR) is 116 cm³/mol. The summed E-state index contributed by atoms with van der Waals surface area (Å²) in [6, 6.07) is 21.4. The van der Waals surface area contributed by atoms with Crippen LogP contribution < -0.4 is 9.47 Å². The lowest BCUT2D eigenvalue weighted by Crippen LogP contribution is -2.23. The Balaban J connectivity index is 1.64. The number of fused-ring (bicyclic) bond motifs is 2. The quantitative estimate of drug-likeness (QED) is 0.508. The van der Waals surface area contributed by atoms with Crippen molar-refractivity contribution in [1.82, 2.24) is 0 Å². The number of Topliss-reactive ketones (excluding diaryl/α,β-unsaturated/α-hetero) is 1. The first-order valence-corrected chi connectivity index (χ1v) is 11.5. The molecule has 0 saturated carbocycles. The fourth-order valence-corrected chi connectivity index (χ4v) is 6.14. The summed E-state index contributed by atoms with van der Waals surface area (Å²) in [4.78, 5) is 13.4. The number of hydrogen-bond acceptors (Lipinski definition) is 6. The lowest BCUT2D eigenvalue weighted by Gasteiger charge is -2.25. The molecule has 2 atom stereocenters. The smallest absolute Gasteiger partial charge is 0.341 e. The van der Waals surface area contributed by atoms with Crippen molar-refractivity contribution < 1.29 is 27.9 Å². The monoisotopic (exact) mass is 436 g/mol. The summed E-state index contributed by atoms with van der Waals surface area (Å²) in [6.45, 7) is 0.112. The van der Waals surface area contributed by atoms with Gasteiger partial charge in [-0.25, -0.2) is 0 Å². The van der Waals surface area contributed by atoms with Gasteiger partial charge in [0.2, 0.25) is 6.79 Å². The fourth-order valence-electron chi connectivity index (χ4n) is 4.41. The first kappa shape index (κ1) is 20.0. The maximum atomic E-state index is 13.4. The maximum absolute atomic E-state index is 13.4. The molecule has 158 valence electrons. The molecule has 7 heteroatoms. The third-order valence-electron chi connectivity index (χ3n) is 5.96. The van der Waals surface area contributed by atoms with Crippen LogP contribution in [0.15, 0.2) is 66.7 Å². The van der Waals surface area contributed by atoms with E-state index in [4.69, 9.17) is 18.5 Å². The summed E-state index contributed by atoms with van der Waals surface area (Å²) >= 11 is 0. The highest BCUT2D eigenvalue weighted by Crippen LogP contribution is 2.62. The summed E-state index contributed by atoms with van der Waals surface area (Å²) in [5.41, 5.74) is 3.21. The van der Waals surface area contributed by atoms with Gasteiger partial charge in [-0.05, 0) is 34.4 Å². The van der Waals surface area contributed by atoms with Gasteiger partial charge in [0.25, 0.3) is 0 Å². The van der Waals surface area contributed by atoms with Crippen molar-refractivity contribution in [2.24, 2.45) is 0 Å². The SMILES string of the molecule is COP(=O)(OC)C1C(=O)c2cc3c(cc2C1c1ccc(-c2ccccc2)cc1)OCO3. The van der Waals surface area contributed by atoms with Crippen LogP contribution in [-0.2, 0) is 13.6 Å². The molecular weight excluding hydrogens is 415 g/mol. The number of ether oxygens (including phenoxy) is 2. The van der Waals surface area contributed by atoms with Crippen LogP contribution in [0.2, 0.25) is 0 Å². The topological polar surface area (TPSA) is 71.1 Å². The zero-order chi connectivity index (χ0) is 21.6. The second kappa shape index (κ2) is 7.65. The van der Waals surface area contributed by atoms with Crippen LogP contribution in [0, 0.1) is 0 Å². The van der Waals surface area contributed by atoms with Crippen LogP contribution in [0.3, 0.4) is 0 Å². The fraction of sp³-hybridized carbons (Fsp3) is 0.208. The second-order valence-electron chi connectivity index (χ2n) is 7.47. The van der Waals surface area contributed by atoms with Crippen molar-refractivity contribution in [3.63, 3.8) is 0 Å². The lowest BCUT2D eigenvalue weighted by molar-refractivity contribution is 0.0980. The third kappa shape index (κ3) is 3.19. The van der Waals surface area contributed by atoms with Gasteiger partial charge in [-0.3, -0.25) is 9.36 Å². The highest BCUT2D eigenvalue weighted by atomic mass is 31.2. The number of carbonyl (C=O) groups excluding carboxylic acids is 1. The van der Waals surface area contributed by atoms with Gasteiger partial charge in [0.1, 0.15) is 5.66 Å². The summed E-state index contributed by atoms with van der Waals surface area (Å²) in [5.74, 6) is 0.309. The van der Waals surface area contributed by atoms with E-state index in [0.717, 1.165) is 22.3 Å². The zero-order valence-corrected chi connectivity index (χ0v) is 18.0. The Kier molecular flexibility index (Phi) is 4.94. The summed E-state index contributed by atoms with van der Waals surface area (Å²) in [7, 11) is -1.10. The van der Waals surface area contributed by atoms with Crippen LogP contribution in [-0.4, -0.2) is 32.5 Å². The first-order valence-electron chi connectivity index (χ1n) is 9.90. The van der Waals surface area contributed by atoms with E-state index in [1.165, 1.54) is 14.2 Å². The van der Waals surface area contributed by atoms with E-state index in [1.54, 1.807) is 12.1 Å². The molecule has 1 aliphatic heterocycles. The third-order valence-corrected chi connectivity index (χ3v) is 8.19. The zero-order valence-electron chi connectivity index (χ0n) is 17.1. The van der Waals surface area contributed by atoms with Gasteiger partial charge in [0, 0.05) is 25.7 Å². The Morgan fingerprint density at radius 1 is 0.871 bits per heavy atom. The number of rotatable bonds is 5. The highest BCUT2D eigenvalue weighted by molar-refractivity contribution is 7.56. The predicted octanol–water partition coefficient (Wildman–Crippen LogP) is 5.27. The van der Waals surface area contributed by atoms with E-state index in [-0.39, 0.29) is 12.6 Å². The van der Waals surface area contributed by atoms with E-state index in [1.807, 2.05) is 54.6 Å². The molecule has 31 heavy (non-hydrogen) atoms. The van der Waals surface area contributed by atoms with Crippen LogP contribution in [0.25, 0.3) is 11.1 Å². The summed E-state index contributed by atoms with van der Waals surface area (Å²) < 4.78 is 34.9. The molecule has 0 amide bonds. The van der Waals surface area contributed by atoms with Crippen molar-refractivity contribution >= 4 is 13.4 Å². The number of ketones is 1. The molecule has 1 aliphatic carbocycles. The van der Waals surface area contributed by atoms with Crippen molar-refractivity contribution in [3.05, 3.63) is 83.4 Å². The molecule has 2 unspecified atom stereocenters. The molecular formula is C24H21O6P. The molecule has 1 heterocycles. The molecule has 0 radical (unpaired) electrons. The van der Waals surface area contributed by atoms with E-state index < -0.39 is 19.2 Å². The van der Waals surface area contributed by atoms with Crippen LogP contribution >= 0.6 is 7.60 Å². The van der Waals surface area contributed by atoms with Gasteiger partial charge in [0.15, 0.2) is 17.3 Å². The van der Waals surface area contributed by atoms with Gasteiger partial charge in [-0.15, -0.1) is 0 Å². The standard InChI is InChI=1S/C24H21O6P/c1-27-31(26,28-2)24-22(17-10-8-16(9-11-17)15-6-4-3-5-7-15)18-12-20-21(30-14-29-20)13-19(18)23(24)25/h3-13,22,24H,14H2,1-2H3. The van der Waals surface area contributed by atoms with Gasteiger partial charge in [0.05, 0.1) is 0 Å². The summed E-state index contributed by atoms with van der Waals surface area (Å²) in [6.07, 6.45) is 0. The molecule has 2 aliphatic rings. The van der Waals surface area contributed by atoms with Crippen molar-refractivity contribution in [2.75, 3.05) is 21.0 Å². The molecule has 6 nitrogen and oxygen atoms in total. The molecule has 0 fully saturated rings. The molecule has 3 aromatic rings. The molecule has 3 aromatic carbocycles. The lowest BCUT2D eigenvalue weighted by atomic mass is 9.91. The molecule has 0 aromatic heterocycles. The first-order chi connectivity index (χ1) is 15.1. The van der Waals surface area contributed by atoms with Crippen LogP contribution in [0.4, 0.5) is 0 Å². The second-order valence-corrected chi connectivity index (χ2v) is 9.84. The minimum absolute atomic E-state index is 0.112. The van der Waals surface area contributed by atoms with Crippen LogP contribution in [0.1, 0.15) is 27.4 Å². The maximum Gasteiger partial charge on any atom is 0.341 e. The Morgan fingerprint density at radius 2 is 1.48 bits per heavy atom. The molecule has 0 spiro atoms. The minimum atomic E-state index is -3.71. The van der Waals surface area contributed by atoms with E-state index in [0.29, 0.717) is 17.1 Å². The Morgan fingerprint density at radius 3 is 2.13 bits per heavy atom. The highest BCUT2D eigenvalue weighted by Gasteiger charge is 2.53. The normalized spacial score (nSPS) is 19.5. The minimum Gasteiger partial charge on any atom is -0.454 e. The summed E-state index contributed by atoms with van der Waals surface area (Å²) in [5, 5.41) is 0. The number of benzene rings is 3. The van der Waals surface area contributed by atoms with Gasteiger partial charge in [-0.1, -0.05) is 54.6 Å². The Hall–Kier alpha value is -2.92. The number of carbonyl (C=O) groups is 1. The van der Waals surface area contributed by atoms with E-state index >= 15 is 0 Å². The van der Waals surface area contributed by atoms with Crippen molar-refractivity contribution in [3.8, 4) is 22.6 Å². The van der Waals surface area contributed by atoms with Gasteiger partial charge in [-0.2, -0.15) is 0 Å². The van der Waals surface area contributed by atoms with Gasteiger partial charge >= 0.3 is 7.60 Å². The van der Waals surface area contributed by atoms with E-state index in [9.17, 15) is 9.36 Å². The average Bonchev–Trinajstić information content (AvgIpc) is 3.40. The van der Waals surface area contributed by atoms with Gasteiger partial charge < -0.3 is 18.5 Å². The largest absolute Gasteiger partial charge is 0.454 e. The molecule has 0 bridgehead atoms. The Bertz CT molecular complexity index is 1180. The van der Waals surface area contributed by atoms with Crippen molar-refractivity contribution in [1.29, 1.82) is 0 Å². The van der Waals surface area contributed by atoms with Crippen molar-refractivity contribution in [2.45, 2.75) is 11.6 Å². The average molecular weight is 436 g/mol. The molecule has 5 rings (SSSR count). The molecule has 0 saturated heterocycles.